The summed E-state index contributed by atoms with van der Waals surface area (Å²) in [5, 5.41) is 35.3. The first-order chi connectivity index (χ1) is 19.3. The molecule has 0 fully saturated rings. The molecular formula is C24H33N5O9S2. The number of rotatable bonds is 19. The van der Waals surface area contributed by atoms with Crippen molar-refractivity contribution in [3.8, 4) is 11.5 Å². The van der Waals surface area contributed by atoms with Crippen LogP contribution in [0.15, 0.2) is 27.8 Å². The number of amides is 1. The molecule has 0 saturated carbocycles. The first-order valence-corrected chi connectivity index (χ1v) is 14.5. The van der Waals surface area contributed by atoms with Gasteiger partial charge in [-0.05, 0) is 30.7 Å². The molecule has 0 unspecified atom stereocenters. The number of carbonyl (C=O) groups is 2. The molecule has 2 aromatic rings. The highest BCUT2D eigenvalue weighted by atomic mass is 32.2. The van der Waals surface area contributed by atoms with Crippen LogP contribution in [-0.2, 0) is 33.3 Å². The van der Waals surface area contributed by atoms with E-state index < -0.39 is 5.97 Å². The van der Waals surface area contributed by atoms with Gasteiger partial charge in [-0.25, -0.2) is 0 Å². The van der Waals surface area contributed by atoms with Gasteiger partial charge in [-0.2, -0.15) is 0 Å². The van der Waals surface area contributed by atoms with Crippen molar-refractivity contribution < 1.29 is 42.8 Å². The molecule has 0 radical (unpaired) electrons. The van der Waals surface area contributed by atoms with E-state index in [4.69, 9.17) is 44.0 Å². The second-order valence-electron chi connectivity index (χ2n) is 7.69. The second-order valence-corrected chi connectivity index (χ2v) is 9.23. The van der Waals surface area contributed by atoms with Crippen LogP contribution < -0.4 is 5.32 Å². The van der Waals surface area contributed by atoms with Crippen LogP contribution in [0.25, 0.3) is 11.5 Å². The smallest absolute Gasteiger partial charge is 0.305 e. The number of aromatic nitrogens is 2. The molecule has 0 aliphatic carbocycles. The number of aliphatic carboxylic acids is 1. The summed E-state index contributed by atoms with van der Waals surface area (Å²) in [5.41, 5.74) is 1.19. The van der Waals surface area contributed by atoms with Gasteiger partial charge >= 0.3 is 5.97 Å². The lowest BCUT2D eigenvalue weighted by Gasteiger charge is -2.11. The molecule has 1 amide bonds. The van der Waals surface area contributed by atoms with E-state index >= 15 is 0 Å². The van der Waals surface area contributed by atoms with Gasteiger partial charge in [0.25, 0.3) is 5.22 Å². The predicted octanol–water partition coefficient (Wildman–Crippen LogP) is 2.97. The highest BCUT2D eigenvalue weighted by molar-refractivity contribution is 8.12. The molecule has 0 bridgehead atoms. The number of hydrogen-bond donors (Lipinski definition) is 4. The summed E-state index contributed by atoms with van der Waals surface area (Å²) >= 11 is 2.34. The zero-order valence-electron chi connectivity index (χ0n) is 22.2. The molecule has 1 heterocycles. The van der Waals surface area contributed by atoms with Crippen molar-refractivity contribution in [3.63, 3.8) is 0 Å². The van der Waals surface area contributed by atoms with Crippen molar-refractivity contribution in [2.24, 2.45) is 0 Å². The van der Waals surface area contributed by atoms with Gasteiger partial charge in [0.2, 0.25) is 22.9 Å². The standard InChI is InChI=1S/C24H33N5O9S2/c1-39-23(26)37-21(25)16-13-17(22-28-29-24(38-22)40-2)15-18(14-16)27-19(30)3-5-33-7-9-35-11-12-36-10-8-34-6-4-20(31)32/h13-15,25-26H,3-12H2,1-2H3,(H,27,30)(H,31,32). The molecule has 16 heteroatoms. The highest BCUT2D eigenvalue weighted by Gasteiger charge is 2.15. The largest absolute Gasteiger partial charge is 0.481 e. The van der Waals surface area contributed by atoms with Crippen LogP contribution in [0.2, 0.25) is 0 Å². The molecule has 0 atom stereocenters. The van der Waals surface area contributed by atoms with E-state index in [0.717, 1.165) is 11.8 Å². The fourth-order valence-corrected chi connectivity index (χ4v) is 3.32. The molecule has 4 N–H and O–H groups in total. The van der Waals surface area contributed by atoms with Crippen LogP contribution in [0.4, 0.5) is 5.69 Å². The van der Waals surface area contributed by atoms with E-state index in [0.29, 0.717) is 61.7 Å². The number of anilines is 1. The number of hydrogen-bond acceptors (Lipinski definition) is 14. The molecule has 0 aliphatic heterocycles. The molecular weight excluding hydrogens is 566 g/mol. The number of carbonyl (C=O) groups excluding carboxylic acids is 1. The van der Waals surface area contributed by atoms with Crippen molar-refractivity contribution in [2.75, 3.05) is 70.7 Å². The quantitative estimate of drug-likeness (QED) is 0.0796. The number of carboxylic acid groups (broad SMARTS) is 1. The monoisotopic (exact) mass is 599 g/mol. The number of carboxylic acids is 1. The van der Waals surface area contributed by atoms with Gasteiger partial charge in [0.05, 0.1) is 65.7 Å². The fraction of sp³-hybridized carbons (Fsp3) is 0.500. The fourth-order valence-electron chi connectivity index (χ4n) is 2.87. The Hall–Kier alpha value is -3.02. The molecule has 0 aliphatic rings. The van der Waals surface area contributed by atoms with Crippen LogP contribution >= 0.6 is 23.5 Å². The van der Waals surface area contributed by atoms with Crippen LogP contribution in [0.1, 0.15) is 18.4 Å². The topological polar surface area (TPSA) is 199 Å². The van der Waals surface area contributed by atoms with Crippen LogP contribution in [-0.4, -0.2) is 104 Å². The van der Waals surface area contributed by atoms with Crippen molar-refractivity contribution in [3.05, 3.63) is 23.8 Å². The van der Waals surface area contributed by atoms with Crippen molar-refractivity contribution in [1.82, 2.24) is 10.2 Å². The summed E-state index contributed by atoms with van der Waals surface area (Å²) in [4.78, 5) is 22.9. The predicted molar refractivity (Wildman–Crippen MR) is 149 cm³/mol. The lowest BCUT2D eigenvalue weighted by atomic mass is 10.1. The Morgan fingerprint density at radius 2 is 1.50 bits per heavy atom. The maximum atomic E-state index is 12.5. The zero-order chi connectivity index (χ0) is 29.2. The number of thioether (sulfide) groups is 2. The number of nitrogens with zero attached hydrogens (tertiary/aromatic N) is 2. The van der Waals surface area contributed by atoms with Crippen LogP contribution in [0, 0.1) is 10.8 Å². The average Bonchev–Trinajstić information content (AvgIpc) is 3.42. The normalized spacial score (nSPS) is 10.8. The van der Waals surface area contributed by atoms with E-state index in [-0.39, 0.29) is 49.0 Å². The minimum atomic E-state index is -0.902. The molecule has 40 heavy (non-hydrogen) atoms. The van der Waals surface area contributed by atoms with Crippen molar-refractivity contribution >= 4 is 52.2 Å². The molecule has 1 aromatic carbocycles. The van der Waals surface area contributed by atoms with Gasteiger partial charge in [-0.1, -0.05) is 23.5 Å². The summed E-state index contributed by atoms with van der Waals surface area (Å²) in [6.45, 7) is 2.37. The van der Waals surface area contributed by atoms with Crippen LogP contribution in [0.3, 0.4) is 0 Å². The third kappa shape index (κ3) is 13.4. The Kier molecular flexibility index (Phi) is 15.9. The molecule has 1 aromatic heterocycles. The number of nitrogens with one attached hydrogen (secondary N) is 3. The van der Waals surface area contributed by atoms with E-state index in [1.165, 1.54) is 11.8 Å². The Morgan fingerprint density at radius 3 is 2.05 bits per heavy atom. The zero-order valence-corrected chi connectivity index (χ0v) is 23.9. The maximum Gasteiger partial charge on any atom is 0.305 e. The summed E-state index contributed by atoms with van der Waals surface area (Å²) in [7, 11) is 0. The SMILES string of the molecule is CSC(=N)OC(=N)c1cc(NC(=O)CCOCCOCCOCCOCCC(=O)O)cc(-c2nnc(SC)o2)c1. The van der Waals surface area contributed by atoms with Gasteiger partial charge < -0.3 is 38.5 Å². The van der Waals surface area contributed by atoms with E-state index in [1.54, 1.807) is 30.7 Å². The lowest BCUT2D eigenvalue weighted by molar-refractivity contribution is -0.138. The minimum absolute atomic E-state index is 0.0357. The Labute approximate surface area is 239 Å². The van der Waals surface area contributed by atoms with Gasteiger partial charge in [0, 0.05) is 16.8 Å². The second kappa shape index (κ2) is 19.1. The maximum absolute atomic E-state index is 12.5. The van der Waals surface area contributed by atoms with Crippen LogP contribution in [0.5, 0.6) is 0 Å². The Bertz CT molecular complexity index is 1120. The summed E-state index contributed by atoms with van der Waals surface area (Å²) in [6.07, 6.45) is 3.52. The highest BCUT2D eigenvalue weighted by Crippen LogP contribution is 2.27. The summed E-state index contributed by atoms with van der Waals surface area (Å²) in [6, 6.07) is 4.81. The van der Waals surface area contributed by atoms with Gasteiger partial charge in [0.15, 0.2) is 0 Å². The Balaban J connectivity index is 1.72. The third-order valence-electron chi connectivity index (χ3n) is 4.74. The Morgan fingerprint density at radius 1 is 0.900 bits per heavy atom. The first-order valence-electron chi connectivity index (χ1n) is 12.1. The molecule has 220 valence electrons. The van der Waals surface area contributed by atoms with E-state index in [2.05, 4.69) is 15.5 Å². The van der Waals surface area contributed by atoms with E-state index in [1.807, 2.05) is 0 Å². The minimum Gasteiger partial charge on any atom is -0.481 e. The van der Waals surface area contributed by atoms with Gasteiger partial charge in [-0.15, -0.1) is 10.2 Å². The molecule has 0 spiro atoms. The number of benzene rings is 1. The average molecular weight is 600 g/mol. The van der Waals surface area contributed by atoms with Gasteiger partial charge in [-0.3, -0.25) is 20.4 Å². The van der Waals surface area contributed by atoms with E-state index in [9.17, 15) is 9.59 Å². The third-order valence-corrected chi connectivity index (χ3v) is 5.71. The van der Waals surface area contributed by atoms with Gasteiger partial charge in [0.1, 0.15) is 0 Å². The summed E-state index contributed by atoms with van der Waals surface area (Å²) < 4.78 is 32.0. The molecule has 2 rings (SSSR count). The first kappa shape index (κ1) is 33.2. The van der Waals surface area contributed by atoms with Crippen molar-refractivity contribution in [2.45, 2.75) is 18.1 Å². The molecule has 14 nitrogen and oxygen atoms in total. The molecule has 0 saturated heterocycles. The number of ether oxygens (including phenoxy) is 5. The van der Waals surface area contributed by atoms with Crippen molar-refractivity contribution in [1.29, 1.82) is 10.8 Å². The lowest BCUT2D eigenvalue weighted by Crippen LogP contribution is -2.17. The summed E-state index contributed by atoms with van der Waals surface area (Å²) in [5.74, 6) is -1.25.